The van der Waals surface area contributed by atoms with Gasteiger partial charge in [-0.25, -0.2) is 9.78 Å². The van der Waals surface area contributed by atoms with Gasteiger partial charge in [-0.2, -0.15) is 0 Å². The highest BCUT2D eigenvalue weighted by Crippen LogP contribution is 2.45. The van der Waals surface area contributed by atoms with E-state index in [1.807, 2.05) is 12.3 Å². The standard InChI is InChI=1S/C19H17N3O3S2/c1-10-9-26-17(21-10)14-11-5-2-3-7-13(11)27-18(14)22-16(23)15-12(19(24)25)6-4-8-20-15/h4,6,8-9H,2-3,5,7H2,1H3,(H,22,23)(H,24,25). The van der Waals surface area contributed by atoms with Gasteiger partial charge in [0.1, 0.15) is 15.7 Å². The van der Waals surface area contributed by atoms with Gasteiger partial charge >= 0.3 is 5.97 Å². The maximum atomic E-state index is 12.8. The quantitative estimate of drug-likeness (QED) is 0.678. The molecule has 1 amide bonds. The third-order valence-corrected chi connectivity index (χ3v) is 6.67. The number of amides is 1. The minimum absolute atomic E-state index is 0.0855. The number of carboxylic acids is 1. The van der Waals surface area contributed by atoms with Crippen molar-refractivity contribution in [1.29, 1.82) is 0 Å². The first-order chi connectivity index (χ1) is 13.0. The Balaban J connectivity index is 1.75. The largest absolute Gasteiger partial charge is 0.478 e. The van der Waals surface area contributed by atoms with Crippen molar-refractivity contribution in [3.63, 3.8) is 0 Å². The smallest absolute Gasteiger partial charge is 0.338 e. The van der Waals surface area contributed by atoms with Gasteiger partial charge in [-0.05, 0) is 50.3 Å². The second kappa shape index (κ2) is 7.21. The fraction of sp³-hybridized carbons (Fsp3) is 0.263. The van der Waals surface area contributed by atoms with E-state index in [2.05, 4.69) is 15.3 Å². The third kappa shape index (κ3) is 3.38. The number of aryl methyl sites for hydroxylation is 2. The van der Waals surface area contributed by atoms with Gasteiger partial charge in [0.25, 0.3) is 5.91 Å². The van der Waals surface area contributed by atoms with Crippen LogP contribution in [-0.2, 0) is 12.8 Å². The molecule has 4 rings (SSSR count). The van der Waals surface area contributed by atoms with E-state index in [-0.39, 0.29) is 11.3 Å². The van der Waals surface area contributed by atoms with Crippen LogP contribution in [0.1, 0.15) is 49.8 Å². The highest BCUT2D eigenvalue weighted by atomic mass is 32.1. The minimum atomic E-state index is -1.17. The zero-order chi connectivity index (χ0) is 19.0. The van der Waals surface area contributed by atoms with Crippen LogP contribution in [0.15, 0.2) is 23.7 Å². The van der Waals surface area contributed by atoms with Crippen LogP contribution in [0.25, 0.3) is 10.6 Å². The minimum Gasteiger partial charge on any atom is -0.478 e. The predicted octanol–water partition coefficient (Wildman–Crippen LogP) is 4.40. The molecular formula is C19H17N3O3S2. The van der Waals surface area contributed by atoms with E-state index < -0.39 is 11.9 Å². The Morgan fingerprint density at radius 3 is 2.81 bits per heavy atom. The zero-order valence-electron chi connectivity index (χ0n) is 14.6. The first-order valence-electron chi connectivity index (χ1n) is 8.61. The van der Waals surface area contributed by atoms with Crippen molar-refractivity contribution >= 4 is 39.6 Å². The summed E-state index contributed by atoms with van der Waals surface area (Å²) in [7, 11) is 0. The lowest BCUT2D eigenvalue weighted by Crippen LogP contribution is -2.18. The van der Waals surface area contributed by atoms with Crippen molar-refractivity contribution in [3.8, 4) is 10.6 Å². The lowest BCUT2D eigenvalue weighted by molar-refractivity contribution is 0.0691. The molecule has 1 aliphatic rings. The van der Waals surface area contributed by atoms with Crippen molar-refractivity contribution < 1.29 is 14.7 Å². The Labute approximate surface area is 163 Å². The number of nitrogens with zero attached hydrogens (tertiary/aromatic N) is 2. The number of hydrogen-bond donors (Lipinski definition) is 2. The summed E-state index contributed by atoms with van der Waals surface area (Å²) in [5, 5.41) is 15.8. The van der Waals surface area contributed by atoms with E-state index >= 15 is 0 Å². The number of thiazole rings is 1. The topological polar surface area (TPSA) is 92.2 Å². The number of anilines is 1. The predicted molar refractivity (Wildman–Crippen MR) is 106 cm³/mol. The van der Waals surface area contributed by atoms with E-state index in [4.69, 9.17) is 0 Å². The third-order valence-electron chi connectivity index (χ3n) is 4.48. The van der Waals surface area contributed by atoms with Crippen LogP contribution in [0, 0.1) is 6.92 Å². The fourth-order valence-corrected chi connectivity index (χ4v) is 5.50. The Kier molecular flexibility index (Phi) is 4.75. The van der Waals surface area contributed by atoms with Gasteiger partial charge in [-0.1, -0.05) is 0 Å². The molecule has 6 nitrogen and oxygen atoms in total. The molecule has 0 radical (unpaired) electrons. The van der Waals surface area contributed by atoms with E-state index in [1.165, 1.54) is 28.8 Å². The van der Waals surface area contributed by atoms with Crippen LogP contribution in [0.4, 0.5) is 5.00 Å². The number of carboxylic acid groups (broad SMARTS) is 1. The number of aromatic nitrogens is 2. The van der Waals surface area contributed by atoms with Crippen molar-refractivity contribution in [2.75, 3.05) is 5.32 Å². The summed E-state index contributed by atoms with van der Waals surface area (Å²) in [5.41, 5.74) is 2.99. The SMILES string of the molecule is Cc1csc(-c2c(NC(=O)c3ncccc3C(=O)O)sc3c2CCCC3)n1. The summed E-state index contributed by atoms with van der Waals surface area (Å²) in [6, 6.07) is 2.89. The number of pyridine rings is 1. The second-order valence-corrected chi connectivity index (χ2v) is 8.33. The number of aromatic carboxylic acids is 1. The van der Waals surface area contributed by atoms with Crippen LogP contribution in [-0.4, -0.2) is 27.0 Å². The summed E-state index contributed by atoms with van der Waals surface area (Å²) in [6.07, 6.45) is 5.65. The van der Waals surface area contributed by atoms with Crippen molar-refractivity contribution in [2.45, 2.75) is 32.6 Å². The van der Waals surface area contributed by atoms with Gasteiger partial charge in [0.2, 0.25) is 0 Å². The maximum absolute atomic E-state index is 12.8. The first-order valence-corrected chi connectivity index (χ1v) is 10.3. The number of hydrogen-bond acceptors (Lipinski definition) is 6. The number of nitrogens with one attached hydrogen (secondary N) is 1. The maximum Gasteiger partial charge on any atom is 0.338 e. The molecule has 1 aliphatic carbocycles. The molecule has 3 aromatic rings. The molecule has 138 valence electrons. The van der Waals surface area contributed by atoms with Crippen molar-refractivity contribution in [2.24, 2.45) is 0 Å². The molecule has 0 aromatic carbocycles. The number of rotatable bonds is 4. The number of carbonyl (C=O) groups excluding carboxylic acids is 1. The number of fused-ring (bicyclic) bond motifs is 1. The molecule has 2 N–H and O–H groups in total. The van der Waals surface area contributed by atoms with E-state index in [0.29, 0.717) is 0 Å². The average Bonchev–Trinajstić information content (AvgIpc) is 3.24. The normalized spacial score (nSPS) is 13.2. The summed E-state index contributed by atoms with van der Waals surface area (Å²) >= 11 is 3.12. The van der Waals surface area contributed by atoms with Gasteiger partial charge < -0.3 is 10.4 Å². The summed E-state index contributed by atoms with van der Waals surface area (Å²) in [6.45, 7) is 1.95. The zero-order valence-corrected chi connectivity index (χ0v) is 16.2. The monoisotopic (exact) mass is 399 g/mol. The molecule has 0 fully saturated rings. The van der Waals surface area contributed by atoms with Crippen LogP contribution >= 0.6 is 22.7 Å². The van der Waals surface area contributed by atoms with Gasteiger partial charge in [0.05, 0.1) is 5.56 Å². The Bertz CT molecular complexity index is 1040. The lowest BCUT2D eigenvalue weighted by Gasteiger charge is -2.12. The summed E-state index contributed by atoms with van der Waals surface area (Å²) in [4.78, 5) is 34.1. The van der Waals surface area contributed by atoms with Gasteiger partial charge in [0.15, 0.2) is 0 Å². The molecule has 3 aromatic heterocycles. The van der Waals surface area contributed by atoms with Gasteiger partial charge in [-0.15, -0.1) is 22.7 Å². The number of carbonyl (C=O) groups is 2. The molecule has 0 unspecified atom stereocenters. The molecule has 8 heteroatoms. The summed E-state index contributed by atoms with van der Waals surface area (Å²) in [5.74, 6) is -1.68. The molecule has 0 aliphatic heterocycles. The second-order valence-electron chi connectivity index (χ2n) is 6.37. The highest BCUT2D eigenvalue weighted by molar-refractivity contribution is 7.18. The Morgan fingerprint density at radius 1 is 1.26 bits per heavy atom. The lowest BCUT2D eigenvalue weighted by atomic mass is 9.95. The van der Waals surface area contributed by atoms with Crippen LogP contribution in [0.2, 0.25) is 0 Å². The van der Waals surface area contributed by atoms with Crippen molar-refractivity contribution in [1.82, 2.24) is 9.97 Å². The first kappa shape index (κ1) is 17.8. The highest BCUT2D eigenvalue weighted by Gasteiger charge is 2.26. The number of thiophene rings is 1. The van der Waals surface area contributed by atoms with E-state index in [9.17, 15) is 14.7 Å². The van der Waals surface area contributed by atoms with Crippen LogP contribution < -0.4 is 5.32 Å². The molecule has 3 heterocycles. The molecule has 0 atom stereocenters. The molecule has 27 heavy (non-hydrogen) atoms. The van der Waals surface area contributed by atoms with Gasteiger partial charge in [0, 0.05) is 27.7 Å². The van der Waals surface area contributed by atoms with E-state index in [1.54, 1.807) is 22.7 Å². The molecular weight excluding hydrogens is 382 g/mol. The molecule has 0 spiro atoms. The van der Waals surface area contributed by atoms with Crippen LogP contribution in [0.5, 0.6) is 0 Å². The van der Waals surface area contributed by atoms with E-state index in [0.717, 1.165) is 46.9 Å². The summed E-state index contributed by atoms with van der Waals surface area (Å²) < 4.78 is 0. The molecule has 0 saturated carbocycles. The Morgan fingerprint density at radius 2 is 2.07 bits per heavy atom. The van der Waals surface area contributed by atoms with Crippen molar-refractivity contribution in [3.05, 3.63) is 51.1 Å². The molecule has 0 saturated heterocycles. The fourth-order valence-electron chi connectivity index (χ4n) is 3.27. The van der Waals surface area contributed by atoms with Gasteiger partial charge in [-0.3, -0.25) is 9.78 Å². The Hall–Kier alpha value is -2.58. The average molecular weight is 399 g/mol. The van der Waals surface area contributed by atoms with Crippen LogP contribution in [0.3, 0.4) is 0 Å². The molecule has 0 bridgehead atoms.